The van der Waals surface area contributed by atoms with Crippen molar-refractivity contribution >= 4 is 0 Å². The van der Waals surface area contributed by atoms with Crippen LogP contribution in [0.3, 0.4) is 0 Å². The Morgan fingerprint density at radius 3 is 2.36 bits per heavy atom. The van der Waals surface area contributed by atoms with E-state index in [1.165, 1.54) is 32.1 Å². The number of rotatable bonds is 5. The summed E-state index contributed by atoms with van der Waals surface area (Å²) in [5.74, 6) is 2.66. The topological polar surface area (TPSA) is 0 Å². The van der Waals surface area contributed by atoms with E-state index in [1.807, 2.05) is 0 Å². The maximum absolute atomic E-state index is 2.54. The molecule has 0 radical (unpaired) electrons. The second-order valence-electron chi connectivity index (χ2n) is 5.32. The highest BCUT2D eigenvalue weighted by Crippen LogP contribution is 2.31. The summed E-state index contributed by atoms with van der Waals surface area (Å²) in [4.78, 5) is 0. The lowest BCUT2D eigenvalue weighted by Gasteiger charge is -2.24. The third kappa shape index (κ3) is 3.48. The fraction of sp³-hybridized carbons (Fsp3) is 0.857. The van der Waals surface area contributed by atoms with Crippen LogP contribution in [0.1, 0.15) is 59.8 Å². The maximum Gasteiger partial charge on any atom is -0.0231 e. The molecule has 1 rings (SSSR count). The minimum atomic E-state index is 0.838. The van der Waals surface area contributed by atoms with Crippen LogP contribution < -0.4 is 0 Å². The van der Waals surface area contributed by atoms with E-state index in [9.17, 15) is 0 Å². The summed E-state index contributed by atoms with van der Waals surface area (Å²) in [6.07, 6.45) is 9.52. The summed E-state index contributed by atoms with van der Waals surface area (Å²) in [6, 6.07) is 0. The smallest absolute Gasteiger partial charge is 0.0231 e. The van der Waals surface area contributed by atoms with Crippen LogP contribution in [-0.2, 0) is 0 Å². The van der Waals surface area contributed by atoms with E-state index in [0.29, 0.717) is 0 Å². The number of hydrogen-bond donors (Lipinski definition) is 0. The Kier molecular flexibility index (Phi) is 4.71. The first-order valence-corrected chi connectivity index (χ1v) is 6.30. The molecule has 1 aliphatic rings. The molecule has 14 heavy (non-hydrogen) atoms. The summed E-state index contributed by atoms with van der Waals surface area (Å²) in [5.41, 5.74) is 1.63. The molecule has 1 unspecified atom stereocenters. The van der Waals surface area contributed by atoms with Gasteiger partial charge in [-0.3, -0.25) is 0 Å². The first-order chi connectivity index (χ1) is 6.63. The first kappa shape index (κ1) is 11.8. The monoisotopic (exact) mass is 194 g/mol. The van der Waals surface area contributed by atoms with Crippen molar-refractivity contribution in [2.75, 3.05) is 0 Å². The van der Waals surface area contributed by atoms with E-state index >= 15 is 0 Å². The van der Waals surface area contributed by atoms with Gasteiger partial charge in [-0.25, -0.2) is 0 Å². The van der Waals surface area contributed by atoms with E-state index in [2.05, 4.69) is 33.8 Å². The van der Waals surface area contributed by atoms with Crippen LogP contribution in [0.2, 0.25) is 0 Å². The summed E-state index contributed by atoms with van der Waals surface area (Å²) >= 11 is 0. The fourth-order valence-corrected chi connectivity index (χ4v) is 2.34. The minimum absolute atomic E-state index is 0.838. The molecule has 0 aromatic carbocycles. The van der Waals surface area contributed by atoms with Gasteiger partial charge < -0.3 is 0 Å². The van der Waals surface area contributed by atoms with Crippen LogP contribution in [0, 0.1) is 17.8 Å². The van der Waals surface area contributed by atoms with E-state index in [1.54, 1.807) is 5.57 Å². The van der Waals surface area contributed by atoms with Gasteiger partial charge in [-0.2, -0.15) is 0 Å². The third-order valence-corrected chi connectivity index (χ3v) is 3.72. The van der Waals surface area contributed by atoms with E-state index in [-0.39, 0.29) is 0 Å². The summed E-state index contributed by atoms with van der Waals surface area (Å²) < 4.78 is 0. The molecule has 0 saturated heterocycles. The maximum atomic E-state index is 2.54. The van der Waals surface area contributed by atoms with Gasteiger partial charge in [-0.05, 0) is 43.9 Å². The van der Waals surface area contributed by atoms with Crippen LogP contribution in [0.15, 0.2) is 11.6 Å². The Balaban J connectivity index is 2.36. The molecule has 1 saturated carbocycles. The van der Waals surface area contributed by atoms with Crippen molar-refractivity contribution in [3.63, 3.8) is 0 Å². The van der Waals surface area contributed by atoms with Gasteiger partial charge in [0.15, 0.2) is 0 Å². The fourth-order valence-electron chi connectivity index (χ4n) is 2.34. The van der Waals surface area contributed by atoms with Gasteiger partial charge in [0, 0.05) is 0 Å². The molecular weight excluding hydrogens is 168 g/mol. The molecule has 0 N–H and O–H groups in total. The van der Waals surface area contributed by atoms with E-state index < -0.39 is 0 Å². The highest BCUT2D eigenvalue weighted by molar-refractivity contribution is 5.04. The quantitative estimate of drug-likeness (QED) is 0.551. The summed E-state index contributed by atoms with van der Waals surface area (Å²) in [7, 11) is 0. The molecule has 0 amide bonds. The largest absolute Gasteiger partial charge is 0.0825 e. The van der Waals surface area contributed by atoms with Crippen molar-refractivity contribution in [1.82, 2.24) is 0 Å². The van der Waals surface area contributed by atoms with Gasteiger partial charge in [0.25, 0.3) is 0 Å². The Hall–Kier alpha value is -0.260. The van der Waals surface area contributed by atoms with Crippen molar-refractivity contribution in [3.05, 3.63) is 11.6 Å². The molecule has 0 heteroatoms. The van der Waals surface area contributed by atoms with Gasteiger partial charge in [-0.1, -0.05) is 45.3 Å². The summed E-state index contributed by atoms with van der Waals surface area (Å²) in [5, 5.41) is 0. The molecule has 0 aliphatic heterocycles. The van der Waals surface area contributed by atoms with Crippen LogP contribution >= 0.6 is 0 Å². The Labute approximate surface area is 89.8 Å². The molecule has 0 aromatic heterocycles. The third-order valence-electron chi connectivity index (χ3n) is 3.72. The predicted molar refractivity (Wildman–Crippen MR) is 64.3 cm³/mol. The predicted octanol–water partition coefficient (Wildman–Crippen LogP) is 4.81. The SMILES string of the molecule is CCC(CC(C)=CC1CCC1)C(C)C. The number of allylic oxidation sites excluding steroid dienone is 2. The van der Waals surface area contributed by atoms with Gasteiger partial charge in [0.05, 0.1) is 0 Å². The first-order valence-electron chi connectivity index (χ1n) is 6.30. The van der Waals surface area contributed by atoms with Gasteiger partial charge in [0.1, 0.15) is 0 Å². The van der Waals surface area contributed by atoms with Crippen molar-refractivity contribution in [1.29, 1.82) is 0 Å². The lowest BCUT2D eigenvalue weighted by atomic mass is 9.81. The lowest BCUT2D eigenvalue weighted by molar-refractivity contribution is 0.360. The van der Waals surface area contributed by atoms with Gasteiger partial charge >= 0.3 is 0 Å². The second kappa shape index (κ2) is 5.58. The average Bonchev–Trinajstić information content (AvgIpc) is 2.07. The van der Waals surface area contributed by atoms with Crippen molar-refractivity contribution in [2.45, 2.75) is 59.8 Å². The highest BCUT2D eigenvalue weighted by Gasteiger charge is 2.16. The molecule has 0 aromatic rings. The summed E-state index contributed by atoms with van der Waals surface area (Å²) in [6.45, 7) is 9.35. The normalized spacial score (nSPS) is 21.1. The molecule has 0 bridgehead atoms. The lowest BCUT2D eigenvalue weighted by Crippen LogP contribution is -2.11. The van der Waals surface area contributed by atoms with Crippen LogP contribution in [0.5, 0.6) is 0 Å². The highest BCUT2D eigenvalue weighted by atomic mass is 14.2. The zero-order chi connectivity index (χ0) is 10.6. The number of hydrogen-bond acceptors (Lipinski definition) is 0. The van der Waals surface area contributed by atoms with Crippen LogP contribution in [-0.4, -0.2) is 0 Å². The molecule has 1 atom stereocenters. The van der Waals surface area contributed by atoms with Crippen molar-refractivity contribution in [3.8, 4) is 0 Å². The second-order valence-corrected chi connectivity index (χ2v) is 5.32. The molecule has 82 valence electrons. The standard InChI is InChI=1S/C14H26/c1-5-14(11(2)3)10-12(4)9-13-7-6-8-13/h9,11,13-14H,5-8,10H2,1-4H3. The molecular formula is C14H26. The van der Waals surface area contributed by atoms with Crippen molar-refractivity contribution < 1.29 is 0 Å². The minimum Gasteiger partial charge on any atom is -0.0825 e. The molecule has 0 heterocycles. The Bertz CT molecular complexity index is 184. The molecule has 0 nitrogen and oxygen atoms in total. The molecule has 0 spiro atoms. The Morgan fingerprint density at radius 1 is 1.36 bits per heavy atom. The molecule has 1 fully saturated rings. The van der Waals surface area contributed by atoms with Crippen LogP contribution in [0.4, 0.5) is 0 Å². The van der Waals surface area contributed by atoms with Gasteiger partial charge in [-0.15, -0.1) is 0 Å². The van der Waals surface area contributed by atoms with Crippen molar-refractivity contribution in [2.24, 2.45) is 17.8 Å². The van der Waals surface area contributed by atoms with E-state index in [0.717, 1.165) is 17.8 Å². The Morgan fingerprint density at radius 2 is 2.00 bits per heavy atom. The van der Waals surface area contributed by atoms with Crippen LogP contribution in [0.25, 0.3) is 0 Å². The van der Waals surface area contributed by atoms with E-state index in [4.69, 9.17) is 0 Å². The molecule has 1 aliphatic carbocycles. The zero-order valence-electron chi connectivity index (χ0n) is 10.3. The zero-order valence-corrected chi connectivity index (χ0v) is 10.3. The van der Waals surface area contributed by atoms with Gasteiger partial charge in [0.2, 0.25) is 0 Å². The average molecular weight is 194 g/mol.